The Morgan fingerprint density at radius 2 is 1.56 bits per heavy atom. The highest BCUT2D eigenvalue weighted by Gasteiger charge is 2.54. The van der Waals surface area contributed by atoms with Crippen LogP contribution in [0.5, 0.6) is 17.2 Å². The summed E-state index contributed by atoms with van der Waals surface area (Å²) >= 11 is 0. The molecule has 1 aliphatic carbocycles. The SMILES string of the molecule is C=CCC1(S(=O)(=O)NC(=O)[C@H](CCC)NC(=O)[C@@H](NC(=O)[C@@H](NC(=O)OC(C)(C)C)C(C)(C)C)c2ccc(Oc3cc(-c4ccccc4)nc4cc(OC)ccc34)c(C=C)c2)CC1. The molecule has 1 heterocycles. The quantitative estimate of drug-likeness (QED) is 0.0708. The van der Waals surface area contributed by atoms with Crippen LogP contribution in [0.1, 0.15) is 97.7 Å². The Labute approximate surface area is 370 Å². The second-order valence-electron chi connectivity index (χ2n) is 17.7. The minimum absolute atomic E-state index is 0.0917. The van der Waals surface area contributed by atoms with Gasteiger partial charge >= 0.3 is 6.09 Å². The van der Waals surface area contributed by atoms with E-state index in [1.807, 2.05) is 48.5 Å². The zero-order chi connectivity index (χ0) is 46.3. The van der Waals surface area contributed by atoms with E-state index in [0.29, 0.717) is 58.7 Å². The minimum Gasteiger partial charge on any atom is -0.497 e. The van der Waals surface area contributed by atoms with E-state index in [0.717, 1.165) is 5.56 Å². The van der Waals surface area contributed by atoms with Crippen molar-refractivity contribution in [2.24, 2.45) is 5.41 Å². The molecule has 0 bridgehead atoms. The Morgan fingerprint density at radius 3 is 2.14 bits per heavy atom. The van der Waals surface area contributed by atoms with Crippen molar-refractivity contribution >= 4 is 50.8 Å². The summed E-state index contributed by atoms with van der Waals surface area (Å²) in [5.41, 5.74) is 1.14. The molecule has 5 rings (SSSR count). The van der Waals surface area contributed by atoms with Gasteiger partial charge in [-0.25, -0.2) is 18.2 Å². The van der Waals surface area contributed by atoms with Crippen LogP contribution in [0.15, 0.2) is 92.0 Å². The molecule has 0 spiro atoms. The standard InChI is InChI=1S/C48H59N5O9S/c1-11-17-35(42(54)53-63(58,59)48(24-12-2)25-26-48)50-43(55)40(51-44(56)41(46(4,5)6)52-45(57)62-47(7,8)9)32-20-23-38(30(13-3)27-32)61-39-29-36(31-18-15-14-16-19-31)49-37-28-33(60-10)21-22-34(37)39/h12-16,18-23,27-29,35,40-41H,2-3,11,17,24-26H2,1,4-10H3,(H,50,55)(H,51,56)(H,52,57)(H,53,54)/t35-,40-,41+/m0/s1. The first-order valence-electron chi connectivity index (χ1n) is 20.9. The number of aromatic nitrogens is 1. The lowest BCUT2D eigenvalue weighted by Gasteiger charge is -2.33. The molecule has 4 N–H and O–H groups in total. The van der Waals surface area contributed by atoms with Gasteiger partial charge in [0.2, 0.25) is 21.8 Å². The monoisotopic (exact) mass is 881 g/mol. The number of carbonyl (C=O) groups is 4. The van der Waals surface area contributed by atoms with E-state index in [4.69, 9.17) is 19.2 Å². The number of carbonyl (C=O) groups excluding carboxylic acids is 4. The lowest BCUT2D eigenvalue weighted by molar-refractivity contribution is -0.133. The summed E-state index contributed by atoms with van der Waals surface area (Å²) in [6.45, 7) is 19.8. The number of hydrogen-bond donors (Lipinski definition) is 4. The van der Waals surface area contributed by atoms with Crippen LogP contribution in [0.4, 0.5) is 4.79 Å². The Balaban J connectivity index is 1.54. The number of hydrogen-bond acceptors (Lipinski definition) is 10. The number of methoxy groups -OCH3 is 1. The number of pyridine rings is 1. The molecule has 3 aromatic carbocycles. The van der Waals surface area contributed by atoms with Crippen molar-refractivity contribution in [1.82, 2.24) is 25.7 Å². The van der Waals surface area contributed by atoms with Gasteiger partial charge in [0, 0.05) is 28.6 Å². The third-order valence-corrected chi connectivity index (χ3v) is 12.7. The molecule has 0 aliphatic heterocycles. The highest BCUT2D eigenvalue weighted by molar-refractivity contribution is 7.91. The van der Waals surface area contributed by atoms with Gasteiger partial charge in [0.05, 0.1) is 23.1 Å². The lowest BCUT2D eigenvalue weighted by Crippen LogP contribution is -2.57. The van der Waals surface area contributed by atoms with Crippen LogP contribution in [0, 0.1) is 5.41 Å². The molecule has 0 saturated heterocycles. The van der Waals surface area contributed by atoms with Crippen molar-refractivity contribution in [1.29, 1.82) is 0 Å². The molecule has 0 unspecified atom stereocenters. The summed E-state index contributed by atoms with van der Waals surface area (Å²) in [7, 11) is -2.53. The number of nitrogens with one attached hydrogen (secondary N) is 4. The second kappa shape index (κ2) is 19.4. The zero-order valence-electron chi connectivity index (χ0n) is 37.3. The summed E-state index contributed by atoms with van der Waals surface area (Å²) in [6.07, 6.45) is 3.63. The van der Waals surface area contributed by atoms with E-state index in [1.165, 1.54) is 12.2 Å². The Hall–Kier alpha value is -6.22. The maximum atomic E-state index is 14.5. The molecule has 4 aromatic rings. The fourth-order valence-electron chi connectivity index (χ4n) is 7.00. The van der Waals surface area contributed by atoms with Crippen molar-refractivity contribution in [2.45, 2.75) is 109 Å². The fraction of sp³-hybridized carbons (Fsp3) is 0.396. The van der Waals surface area contributed by atoms with Crippen molar-refractivity contribution < 1.29 is 41.8 Å². The van der Waals surface area contributed by atoms with E-state index in [9.17, 15) is 27.6 Å². The highest BCUT2D eigenvalue weighted by atomic mass is 32.2. The number of nitrogens with zero attached hydrogens (tertiary/aromatic N) is 1. The number of rotatable bonds is 18. The molecule has 1 aromatic heterocycles. The van der Waals surface area contributed by atoms with Crippen molar-refractivity contribution in [3.8, 4) is 28.5 Å². The summed E-state index contributed by atoms with van der Waals surface area (Å²) in [6, 6.07) is 17.8. The number of allylic oxidation sites excluding steroid dienone is 1. The van der Waals surface area contributed by atoms with Crippen LogP contribution >= 0.6 is 0 Å². The number of alkyl carbamates (subject to hydrolysis) is 1. The molecule has 4 amide bonds. The number of fused-ring (bicyclic) bond motifs is 1. The zero-order valence-corrected chi connectivity index (χ0v) is 38.1. The summed E-state index contributed by atoms with van der Waals surface area (Å²) in [4.78, 5) is 60.3. The topological polar surface area (TPSA) is 191 Å². The van der Waals surface area contributed by atoms with E-state index in [1.54, 1.807) is 79.8 Å². The maximum Gasteiger partial charge on any atom is 0.408 e. The van der Waals surface area contributed by atoms with Gasteiger partial charge in [0.15, 0.2) is 0 Å². The van der Waals surface area contributed by atoms with E-state index >= 15 is 0 Å². The van der Waals surface area contributed by atoms with Gasteiger partial charge in [-0.2, -0.15) is 0 Å². The first kappa shape index (κ1) is 47.8. The number of amides is 4. The maximum absolute atomic E-state index is 14.5. The van der Waals surface area contributed by atoms with E-state index in [-0.39, 0.29) is 18.4 Å². The van der Waals surface area contributed by atoms with E-state index < -0.39 is 67.7 Å². The van der Waals surface area contributed by atoms with Gasteiger partial charge in [-0.3, -0.25) is 19.1 Å². The molecular weight excluding hydrogens is 823 g/mol. The predicted molar refractivity (Wildman–Crippen MR) is 245 cm³/mol. The minimum atomic E-state index is -4.11. The summed E-state index contributed by atoms with van der Waals surface area (Å²) in [5.74, 6) is -0.980. The molecule has 336 valence electrons. The third-order valence-electron chi connectivity index (χ3n) is 10.5. The van der Waals surface area contributed by atoms with Gasteiger partial charge in [-0.05, 0) is 81.7 Å². The number of benzene rings is 3. The predicted octanol–water partition coefficient (Wildman–Crippen LogP) is 8.28. The van der Waals surface area contributed by atoms with Crippen LogP contribution in [0.2, 0.25) is 0 Å². The van der Waals surface area contributed by atoms with Crippen molar-refractivity contribution in [3.05, 3.63) is 103 Å². The second-order valence-corrected chi connectivity index (χ2v) is 19.8. The van der Waals surface area contributed by atoms with Crippen LogP contribution in [-0.4, -0.2) is 66.8 Å². The first-order valence-corrected chi connectivity index (χ1v) is 22.4. The Morgan fingerprint density at radius 1 is 0.857 bits per heavy atom. The van der Waals surface area contributed by atoms with Crippen molar-refractivity contribution in [2.75, 3.05) is 7.11 Å². The molecule has 0 radical (unpaired) electrons. The van der Waals surface area contributed by atoms with Crippen LogP contribution in [0.25, 0.3) is 28.2 Å². The Bertz CT molecular complexity index is 2470. The third kappa shape index (κ3) is 11.8. The lowest BCUT2D eigenvalue weighted by atomic mass is 9.86. The highest BCUT2D eigenvalue weighted by Crippen LogP contribution is 2.46. The van der Waals surface area contributed by atoms with Crippen LogP contribution < -0.4 is 30.1 Å². The van der Waals surface area contributed by atoms with Gasteiger partial charge in [0.1, 0.15) is 41.0 Å². The number of sulfonamides is 1. The largest absolute Gasteiger partial charge is 0.497 e. The fourth-order valence-corrected chi connectivity index (χ4v) is 8.60. The molecular formula is C48H59N5O9S. The average molecular weight is 882 g/mol. The van der Waals surface area contributed by atoms with Crippen LogP contribution in [-0.2, 0) is 29.1 Å². The molecule has 15 heteroatoms. The molecule has 3 atom stereocenters. The molecule has 63 heavy (non-hydrogen) atoms. The smallest absolute Gasteiger partial charge is 0.408 e. The van der Waals surface area contributed by atoms with Gasteiger partial charge in [-0.1, -0.05) is 89.2 Å². The van der Waals surface area contributed by atoms with Gasteiger partial charge in [0.25, 0.3) is 5.91 Å². The average Bonchev–Trinajstić information content (AvgIpc) is 4.02. The molecule has 1 saturated carbocycles. The number of ether oxygens (including phenoxy) is 3. The summed E-state index contributed by atoms with van der Waals surface area (Å²) < 4.78 is 45.3. The normalized spacial score (nSPS) is 14.9. The van der Waals surface area contributed by atoms with E-state index in [2.05, 4.69) is 33.8 Å². The summed E-state index contributed by atoms with van der Waals surface area (Å²) in [5, 5.41) is 8.85. The molecule has 14 nitrogen and oxygen atoms in total. The Kier molecular flexibility index (Phi) is 14.8. The molecule has 1 aliphatic rings. The van der Waals surface area contributed by atoms with Gasteiger partial charge in [-0.15, -0.1) is 6.58 Å². The molecule has 1 fully saturated rings. The van der Waals surface area contributed by atoms with Crippen LogP contribution in [0.3, 0.4) is 0 Å². The van der Waals surface area contributed by atoms with Gasteiger partial charge < -0.3 is 30.2 Å². The van der Waals surface area contributed by atoms with Crippen molar-refractivity contribution in [3.63, 3.8) is 0 Å². The first-order chi connectivity index (χ1) is 29.6.